The first-order chi connectivity index (χ1) is 10.2. The van der Waals surface area contributed by atoms with Crippen LogP contribution in [0.15, 0.2) is 45.8 Å². The summed E-state index contributed by atoms with van der Waals surface area (Å²) in [6.45, 7) is 5.62. The van der Waals surface area contributed by atoms with Crippen molar-refractivity contribution in [1.29, 1.82) is 0 Å². The number of aryl methyl sites for hydroxylation is 1. The lowest BCUT2D eigenvalue weighted by atomic mass is 9.99. The van der Waals surface area contributed by atoms with Gasteiger partial charge in [0.2, 0.25) is 0 Å². The van der Waals surface area contributed by atoms with E-state index in [0.717, 1.165) is 10.0 Å². The van der Waals surface area contributed by atoms with Crippen LogP contribution in [0.4, 0.5) is 5.69 Å². The number of hydrogen-bond donors (Lipinski definition) is 2. The molecule has 0 saturated heterocycles. The van der Waals surface area contributed by atoms with Crippen LogP contribution in [0.5, 0.6) is 5.75 Å². The molecular formula is C16H18BrNO3S. The summed E-state index contributed by atoms with van der Waals surface area (Å²) in [6.07, 6.45) is 0. The van der Waals surface area contributed by atoms with E-state index in [1.54, 1.807) is 31.2 Å². The molecule has 0 heterocycles. The molecule has 0 aromatic heterocycles. The Hall–Kier alpha value is -1.53. The summed E-state index contributed by atoms with van der Waals surface area (Å²) in [7, 11) is -3.67. The van der Waals surface area contributed by atoms with Gasteiger partial charge in [0.25, 0.3) is 10.0 Å². The Morgan fingerprint density at radius 3 is 2.27 bits per heavy atom. The van der Waals surface area contributed by atoms with Crippen LogP contribution in [0.1, 0.15) is 30.9 Å². The third kappa shape index (κ3) is 3.62. The van der Waals surface area contributed by atoms with Gasteiger partial charge in [-0.25, -0.2) is 8.42 Å². The highest BCUT2D eigenvalue weighted by atomic mass is 79.9. The minimum Gasteiger partial charge on any atom is -0.508 e. The van der Waals surface area contributed by atoms with E-state index in [0.29, 0.717) is 11.3 Å². The number of anilines is 1. The molecule has 2 N–H and O–H groups in total. The number of halogens is 1. The van der Waals surface area contributed by atoms with Crippen molar-refractivity contribution in [2.24, 2.45) is 0 Å². The maximum absolute atomic E-state index is 12.5. The lowest BCUT2D eigenvalue weighted by Crippen LogP contribution is -2.14. The Labute approximate surface area is 139 Å². The number of hydrogen-bond acceptors (Lipinski definition) is 3. The molecule has 0 atom stereocenters. The Morgan fingerprint density at radius 2 is 1.73 bits per heavy atom. The van der Waals surface area contributed by atoms with E-state index in [-0.39, 0.29) is 16.6 Å². The highest BCUT2D eigenvalue weighted by Gasteiger charge is 2.18. The highest BCUT2D eigenvalue weighted by Crippen LogP contribution is 2.32. The van der Waals surface area contributed by atoms with E-state index >= 15 is 0 Å². The molecule has 2 rings (SSSR count). The minimum atomic E-state index is -3.67. The summed E-state index contributed by atoms with van der Waals surface area (Å²) < 4.78 is 28.4. The fourth-order valence-corrected chi connectivity index (χ4v) is 3.44. The van der Waals surface area contributed by atoms with Crippen molar-refractivity contribution < 1.29 is 13.5 Å². The molecule has 0 unspecified atom stereocenters. The number of nitrogens with one attached hydrogen (secondary N) is 1. The number of benzene rings is 2. The van der Waals surface area contributed by atoms with Crippen LogP contribution >= 0.6 is 15.9 Å². The lowest BCUT2D eigenvalue weighted by molar-refractivity contribution is 0.470. The second kappa shape index (κ2) is 6.30. The van der Waals surface area contributed by atoms with Gasteiger partial charge in [0.1, 0.15) is 5.75 Å². The average molecular weight is 384 g/mol. The fourth-order valence-electron chi connectivity index (χ4n) is 2.10. The van der Waals surface area contributed by atoms with Crippen LogP contribution in [-0.2, 0) is 10.0 Å². The topological polar surface area (TPSA) is 66.4 Å². The molecule has 22 heavy (non-hydrogen) atoms. The van der Waals surface area contributed by atoms with Gasteiger partial charge in [-0.15, -0.1) is 0 Å². The second-order valence-corrected chi connectivity index (χ2v) is 8.04. The number of rotatable bonds is 4. The predicted molar refractivity (Wildman–Crippen MR) is 91.9 cm³/mol. The molecule has 2 aromatic rings. The van der Waals surface area contributed by atoms with Crippen LogP contribution in [0, 0.1) is 6.92 Å². The molecule has 6 heteroatoms. The average Bonchev–Trinajstić information content (AvgIpc) is 2.42. The molecule has 0 fully saturated rings. The van der Waals surface area contributed by atoms with E-state index < -0.39 is 10.0 Å². The predicted octanol–water partition coefficient (Wildman–Crippen LogP) is 4.39. The van der Waals surface area contributed by atoms with E-state index in [1.165, 1.54) is 12.1 Å². The van der Waals surface area contributed by atoms with Gasteiger partial charge in [-0.2, -0.15) is 0 Å². The molecule has 2 aromatic carbocycles. The van der Waals surface area contributed by atoms with Crippen molar-refractivity contribution in [2.75, 3.05) is 4.72 Å². The van der Waals surface area contributed by atoms with Crippen molar-refractivity contribution in [3.05, 3.63) is 52.0 Å². The first-order valence-electron chi connectivity index (χ1n) is 6.82. The molecule has 0 aliphatic rings. The van der Waals surface area contributed by atoms with Gasteiger partial charge >= 0.3 is 0 Å². The molecule has 0 amide bonds. The quantitative estimate of drug-likeness (QED) is 0.769. The van der Waals surface area contributed by atoms with Gasteiger partial charge in [0.15, 0.2) is 0 Å². The fraction of sp³-hybridized carbons (Fsp3) is 0.250. The molecule has 0 saturated carbocycles. The smallest absolute Gasteiger partial charge is 0.261 e. The molecule has 0 bridgehead atoms. The number of phenolic OH excluding ortho intramolecular Hbond substituents is 1. The third-order valence-electron chi connectivity index (χ3n) is 3.36. The zero-order valence-corrected chi connectivity index (χ0v) is 15.0. The van der Waals surface area contributed by atoms with Gasteiger partial charge in [-0.05, 0) is 60.4 Å². The Kier molecular flexibility index (Phi) is 4.82. The monoisotopic (exact) mass is 383 g/mol. The van der Waals surface area contributed by atoms with E-state index in [4.69, 9.17) is 0 Å². The van der Waals surface area contributed by atoms with E-state index in [2.05, 4.69) is 20.7 Å². The largest absolute Gasteiger partial charge is 0.508 e. The SMILES string of the molecule is Cc1cc(NS(=O)(=O)c2ccc(Br)cc2)c(C(C)C)cc1O. The summed E-state index contributed by atoms with van der Waals surface area (Å²) in [6, 6.07) is 9.70. The lowest BCUT2D eigenvalue weighted by Gasteiger charge is -2.17. The number of phenols is 1. The standard InChI is InChI=1S/C16H18BrNO3S/c1-10(2)14-9-16(19)11(3)8-15(14)18-22(20,21)13-6-4-12(17)5-7-13/h4-10,18-19H,1-3H3. The van der Waals surface area contributed by atoms with Crippen molar-refractivity contribution in [1.82, 2.24) is 0 Å². The van der Waals surface area contributed by atoms with Gasteiger partial charge in [0, 0.05) is 4.47 Å². The van der Waals surface area contributed by atoms with Crippen LogP contribution in [0.2, 0.25) is 0 Å². The maximum Gasteiger partial charge on any atom is 0.261 e. The molecule has 0 spiro atoms. The summed E-state index contributed by atoms with van der Waals surface area (Å²) in [4.78, 5) is 0.191. The van der Waals surface area contributed by atoms with Crippen LogP contribution < -0.4 is 4.72 Å². The number of sulfonamides is 1. The van der Waals surface area contributed by atoms with E-state index in [9.17, 15) is 13.5 Å². The van der Waals surface area contributed by atoms with Crippen molar-refractivity contribution in [2.45, 2.75) is 31.6 Å². The second-order valence-electron chi connectivity index (χ2n) is 5.44. The van der Waals surface area contributed by atoms with Crippen molar-refractivity contribution in [3.63, 3.8) is 0 Å². The minimum absolute atomic E-state index is 0.0779. The summed E-state index contributed by atoms with van der Waals surface area (Å²) in [5, 5.41) is 9.84. The molecule has 0 aliphatic carbocycles. The van der Waals surface area contributed by atoms with Crippen LogP contribution in [-0.4, -0.2) is 13.5 Å². The van der Waals surface area contributed by atoms with E-state index in [1.807, 2.05) is 13.8 Å². The first-order valence-corrected chi connectivity index (χ1v) is 9.10. The van der Waals surface area contributed by atoms with Crippen molar-refractivity contribution in [3.8, 4) is 5.75 Å². The summed E-state index contributed by atoms with van der Waals surface area (Å²) in [5.41, 5.74) is 1.87. The molecule has 4 nitrogen and oxygen atoms in total. The van der Waals surface area contributed by atoms with Crippen LogP contribution in [0.25, 0.3) is 0 Å². The third-order valence-corrected chi connectivity index (χ3v) is 5.27. The van der Waals surface area contributed by atoms with Crippen molar-refractivity contribution >= 4 is 31.6 Å². The number of aromatic hydroxyl groups is 1. The summed E-state index contributed by atoms with van der Waals surface area (Å²) >= 11 is 3.28. The molecule has 118 valence electrons. The maximum atomic E-state index is 12.5. The van der Waals surface area contributed by atoms with Gasteiger partial charge in [-0.3, -0.25) is 4.72 Å². The van der Waals surface area contributed by atoms with Crippen LogP contribution in [0.3, 0.4) is 0 Å². The van der Waals surface area contributed by atoms with Gasteiger partial charge in [-0.1, -0.05) is 29.8 Å². The zero-order chi connectivity index (χ0) is 16.5. The Morgan fingerprint density at radius 1 is 1.14 bits per heavy atom. The molecule has 0 radical (unpaired) electrons. The van der Waals surface area contributed by atoms with Gasteiger partial charge < -0.3 is 5.11 Å². The molecule has 0 aliphatic heterocycles. The Bertz CT molecular complexity index is 784. The zero-order valence-electron chi connectivity index (χ0n) is 12.6. The highest BCUT2D eigenvalue weighted by molar-refractivity contribution is 9.10. The Balaban J connectivity index is 2.45. The molecular weight excluding hydrogens is 366 g/mol. The first kappa shape index (κ1) is 16.8. The van der Waals surface area contributed by atoms with Gasteiger partial charge in [0.05, 0.1) is 10.6 Å². The summed E-state index contributed by atoms with van der Waals surface area (Å²) in [5.74, 6) is 0.240. The normalized spacial score (nSPS) is 11.7.